The van der Waals surface area contributed by atoms with Crippen molar-refractivity contribution < 1.29 is 9.90 Å². The fourth-order valence-corrected chi connectivity index (χ4v) is 4.40. The highest BCUT2D eigenvalue weighted by Crippen LogP contribution is 2.28. The average Bonchev–Trinajstić information content (AvgIpc) is 3.08. The van der Waals surface area contributed by atoms with Crippen LogP contribution in [0.4, 0.5) is 5.69 Å². The minimum Gasteiger partial charge on any atom is -0.380 e. The predicted molar refractivity (Wildman–Crippen MR) is 96.0 cm³/mol. The molecule has 0 atom stereocenters. The molecular formula is C18H26N2O2S. The summed E-state index contributed by atoms with van der Waals surface area (Å²) in [7, 11) is 0. The summed E-state index contributed by atoms with van der Waals surface area (Å²) in [5.74, 6) is 1.43. The number of anilines is 1. The fraction of sp³-hybridized carbons (Fsp3) is 0.611. The lowest BCUT2D eigenvalue weighted by Gasteiger charge is -2.30. The number of rotatable bonds is 5. The van der Waals surface area contributed by atoms with Crippen LogP contribution in [0.1, 0.15) is 31.2 Å². The van der Waals surface area contributed by atoms with Crippen LogP contribution in [0.15, 0.2) is 24.3 Å². The van der Waals surface area contributed by atoms with E-state index in [1.165, 1.54) is 31.5 Å². The molecule has 3 rings (SSSR count). The van der Waals surface area contributed by atoms with E-state index in [2.05, 4.69) is 22.3 Å². The van der Waals surface area contributed by atoms with Crippen molar-refractivity contribution in [1.29, 1.82) is 0 Å². The summed E-state index contributed by atoms with van der Waals surface area (Å²) in [4.78, 5) is 14.8. The Bertz CT molecular complexity index is 520. The lowest BCUT2D eigenvalue weighted by atomic mass is 9.95. The van der Waals surface area contributed by atoms with E-state index >= 15 is 0 Å². The lowest BCUT2D eigenvalue weighted by molar-refractivity contribution is -0.134. The molecule has 2 N–H and O–H groups in total. The van der Waals surface area contributed by atoms with Crippen LogP contribution in [-0.2, 0) is 11.2 Å². The first-order valence-electron chi connectivity index (χ1n) is 8.59. The van der Waals surface area contributed by atoms with Crippen molar-refractivity contribution >= 4 is 23.4 Å². The summed E-state index contributed by atoms with van der Waals surface area (Å²) in [6, 6.07) is 8.04. The Hall–Kier alpha value is -1.04. The number of amides is 1. The monoisotopic (exact) mass is 334 g/mol. The third kappa shape index (κ3) is 4.49. The number of nitrogens with one attached hydrogen (secondary N) is 1. The summed E-state index contributed by atoms with van der Waals surface area (Å²) in [5.41, 5.74) is 0.869. The second-order valence-corrected chi connectivity index (χ2v) is 7.82. The number of aliphatic hydroxyl groups is 1. The number of thioether (sulfide) groups is 1. The molecule has 2 fully saturated rings. The van der Waals surface area contributed by atoms with Gasteiger partial charge in [0.1, 0.15) is 5.60 Å². The Morgan fingerprint density at radius 1 is 1.17 bits per heavy atom. The van der Waals surface area contributed by atoms with E-state index in [4.69, 9.17) is 0 Å². The standard InChI is InChI=1S/C18H26N2O2S/c21-17(18(22)8-13-23-14-9-18)19-16-5-3-15(4-6-16)7-12-20-10-1-2-11-20/h3-6,22H,1-2,7-14H2,(H,19,21). The highest BCUT2D eigenvalue weighted by molar-refractivity contribution is 7.99. The molecule has 2 heterocycles. The maximum atomic E-state index is 12.3. The Balaban J connectivity index is 1.51. The van der Waals surface area contributed by atoms with E-state index in [0.717, 1.165) is 30.2 Å². The van der Waals surface area contributed by atoms with E-state index in [9.17, 15) is 9.90 Å². The Morgan fingerprint density at radius 3 is 2.48 bits per heavy atom. The van der Waals surface area contributed by atoms with E-state index in [1.54, 1.807) is 11.8 Å². The molecule has 126 valence electrons. The largest absolute Gasteiger partial charge is 0.380 e. The molecule has 23 heavy (non-hydrogen) atoms. The number of carbonyl (C=O) groups is 1. The number of carbonyl (C=O) groups excluding carboxylic acids is 1. The predicted octanol–water partition coefficient (Wildman–Crippen LogP) is 2.52. The summed E-state index contributed by atoms with van der Waals surface area (Å²) in [6.07, 6.45) is 4.78. The second kappa shape index (κ2) is 7.69. The number of likely N-dealkylation sites (tertiary alicyclic amines) is 1. The highest BCUT2D eigenvalue weighted by atomic mass is 32.2. The minimum atomic E-state index is -1.19. The van der Waals surface area contributed by atoms with E-state index < -0.39 is 5.60 Å². The Kier molecular flexibility index (Phi) is 5.62. The molecule has 0 saturated carbocycles. The maximum Gasteiger partial charge on any atom is 0.256 e. The normalized spacial score (nSPS) is 21.3. The molecule has 0 bridgehead atoms. The molecule has 5 heteroatoms. The Morgan fingerprint density at radius 2 is 1.83 bits per heavy atom. The van der Waals surface area contributed by atoms with Crippen LogP contribution >= 0.6 is 11.8 Å². The number of hydrogen-bond acceptors (Lipinski definition) is 4. The summed E-state index contributed by atoms with van der Waals surface area (Å²) >= 11 is 1.79. The van der Waals surface area contributed by atoms with Gasteiger partial charge < -0.3 is 15.3 Å². The van der Waals surface area contributed by atoms with Gasteiger partial charge >= 0.3 is 0 Å². The van der Waals surface area contributed by atoms with Gasteiger partial charge in [0.05, 0.1) is 0 Å². The summed E-state index contributed by atoms with van der Waals surface area (Å²) in [6.45, 7) is 3.57. The molecule has 2 saturated heterocycles. The molecule has 0 aromatic heterocycles. The van der Waals surface area contributed by atoms with Crippen LogP contribution in [-0.4, -0.2) is 52.7 Å². The molecule has 1 aromatic rings. The lowest BCUT2D eigenvalue weighted by Crippen LogP contribution is -2.45. The molecular weight excluding hydrogens is 308 g/mol. The topological polar surface area (TPSA) is 52.6 Å². The van der Waals surface area contributed by atoms with Crippen LogP contribution in [0, 0.1) is 0 Å². The first-order chi connectivity index (χ1) is 11.2. The van der Waals surface area contributed by atoms with Crippen LogP contribution < -0.4 is 5.32 Å². The molecule has 1 aromatic carbocycles. The molecule has 0 aliphatic carbocycles. The van der Waals surface area contributed by atoms with Crippen molar-refractivity contribution in [3.8, 4) is 0 Å². The van der Waals surface area contributed by atoms with Gasteiger partial charge in [0.15, 0.2) is 0 Å². The second-order valence-electron chi connectivity index (χ2n) is 6.59. The van der Waals surface area contributed by atoms with Gasteiger partial charge in [-0.05, 0) is 74.4 Å². The SMILES string of the molecule is O=C(Nc1ccc(CCN2CCCC2)cc1)C1(O)CCSCC1. The first kappa shape index (κ1) is 16.8. The van der Waals surface area contributed by atoms with Gasteiger partial charge in [0.25, 0.3) is 5.91 Å². The van der Waals surface area contributed by atoms with Gasteiger partial charge in [-0.15, -0.1) is 0 Å². The van der Waals surface area contributed by atoms with E-state index in [0.29, 0.717) is 12.8 Å². The summed E-state index contributed by atoms with van der Waals surface area (Å²) < 4.78 is 0. The zero-order valence-corrected chi connectivity index (χ0v) is 14.4. The van der Waals surface area contributed by atoms with E-state index in [-0.39, 0.29) is 5.91 Å². The average molecular weight is 334 g/mol. The molecule has 2 aliphatic rings. The zero-order valence-electron chi connectivity index (χ0n) is 13.6. The molecule has 1 amide bonds. The van der Waals surface area contributed by atoms with E-state index in [1.807, 2.05) is 12.1 Å². The quantitative estimate of drug-likeness (QED) is 0.869. The molecule has 4 nitrogen and oxygen atoms in total. The van der Waals surface area contributed by atoms with Crippen LogP contribution in [0.5, 0.6) is 0 Å². The van der Waals surface area contributed by atoms with Gasteiger partial charge in [0.2, 0.25) is 0 Å². The van der Waals surface area contributed by atoms with Crippen molar-refractivity contribution in [1.82, 2.24) is 4.90 Å². The van der Waals surface area contributed by atoms with Gasteiger partial charge in [-0.1, -0.05) is 12.1 Å². The number of hydrogen-bond donors (Lipinski definition) is 2. The third-order valence-corrected chi connectivity index (χ3v) is 5.86. The zero-order chi connectivity index (χ0) is 16.1. The van der Waals surface area contributed by atoms with Gasteiger partial charge in [0, 0.05) is 12.2 Å². The van der Waals surface area contributed by atoms with Gasteiger partial charge in [-0.25, -0.2) is 0 Å². The van der Waals surface area contributed by atoms with Crippen molar-refractivity contribution in [2.45, 2.75) is 37.7 Å². The number of benzene rings is 1. The van der Waals surface area contributed by atoms with Crippen molar-refractivity contribution in [2.75, 3.05) is 36.5 Å². The highest BCUT2D eigenvalue weighted by Gasteiger charge is 2.37. The molecule has 2 aliphatic heterocycles. The van der Waals surface area contributed by atoms with Crippen molar-refractivity contribution in [2.24, 2.45) is 0 Å². The van der Waals surface area contributed by atoms with Crippen LogP contribution in [0.3, 0.4) is 0 Å². The third-order valence-electron chi connectivity index (χ3n) is 4.87. The summed E-state index contributed by atoms with van der Waals surface area (Å²) in [5, 5.41) is 13.3. The Labute approximate surface area is 142 Å². The molecule has 0 unspecified atom stereocenters. The first-order valence-corrected chi connectivity index (χ1v) is 9.74. The van der Waals surface area contributed by atoms with Gasteiger partial charge in [-0.2, -0.15) is 11.8 Å². The van der Waals surface area contributed by atoms with Crippen molar-refractivity contribution in [3.05, 3.63) is 29.8 Å². The fourth-order valence-electron chi connectivity index (χ4n) is 3.23. The maximum absolute atomic E-state index is 12.3. The minimum absolute atomic E-state index is 0.261. The van der Waals surface area contributed by atoms with Gasteiger partial charge in [-0.3, -0.25) is 4.79 Å². The number of nitrogens with zero attached hydrogens (tertiary/aromatic N) is 1. The van der Waals surface area contributed by atoms with Crippen molar-refractivity contribution in [3.63, 3.8) is 0 Å². The molecule has 0 radical (unpaired) electrons. The van der Waals surface area contributed by atoms with Crippen LogP contribution in [0.2, 0.25) is 0 Å². The smallest absolute Gasteiger partial charge is 0.256 e. The molecule has 0 spiro atoms. The van der Waals surface area contributed by atoms with Crippen LogP contribution in [0.25, 0.3) is 0 Å².